The molecule has 106 valence electrons. The average molecular weight is 254 g/mol. The van der Waals surface area contributed by atoms with Crippen molar-refractivity contribution in [3.8, 4) is 0 Å². The van der Waals surface area contributed by atoms with Crippen LogP contribution in [0.25, 0.3) is 0 Å². The van der Waals surface area contributed by atoms with Gasteiger partial charge in [0.05, 0.1) is 6.54 Å². The van der Waals surface area contributed by atoms with Gasteiger partial charge in [0.2, 0.25) is 5.91 Å². The second-order valence-electron chi connectivity index (χ2n) is 6.66. The highest BCUT2D eigenvalue weighted by Gasteiger charge is 2.22. The predicted molar refractivity (Wildman–Crippen MR) is 76.6 cm³/mol. The molecule has 3 heteroatoms. The van der Waals surface area contributed by atoms with E-state index in [4.69, 9.17) is 0 Å². The van der Waals surface area contributed by atoms with E-state index in [1.165, 1.54) is 25.7 Å². The van der Waals surface area contributed by atoms with Gasteiger partial charge in [-0.05, 0) is 31.2 Å². The summed E-state index contributed by atoms with van der Waals surface area (Å²) in [6.45, 7) is 11.1. The molecule has 0 heterocycles. The molecule has 3 nitrogen and oxygen atoms in total. The molecule has 18 heavy (non-hydrogen) atoms. The summed E-state index contributed by atoms with van der Waals surface area (Å²) < 4.78 is 0. The van der Waals surface area contributed by atoms with E-state index >= 15 is 0 Å². The molecule has 0 saturated heterocycles. The van der Waals surface area contributed by atoms with Crippen LogP contribution in [0.5, 0.6) is 0 Å². The van der Waals surface area contributed by atoms with Gasteiger partial charge >= 0.3 is 0 Å². The smallest absolute Gasteiger partial charge is 0.234 e. The van der Waals surface area contributed by atoms with E-state index in [0.29, 0.717) is 18.0 Å². The van der Waals surface area contributed by atoms with Gasteiger partial charge in [-0.2, -0.15) is 0 Å². The monoisotopic (exact) mass is 254 g/mol. The molecule has 0 bridgehead atoms. The Labute approximate surface area is 112 Å². The summed E-state index contributed by atoms with van der Waals surface area (Å²) in [4.78, 5) is 14.2. The number of carbonyl (C=O) groups is 1. The van der Waals surface area contributed by atoms with Crippen LogP contribution in [0.4, 0.5) is 0 Å². The Balaban J connectivity index is 2.24. The van der Waals surface area contributed by atoms with Crippen molar-refractivity contribution in [1.82, 2.24) is 10.2 Å². The molecule has 0 spiro atoms. The minimum absolute atomic E-state index is 0.188. The van der Waals surface area contributed by atoms with Gasteiger partial charge < -0.3 is 5.32 Å². The van der Waals surface area contributed by atoms with Crippen LogP contribution >= 0.6 is 0 Å². The van der Waals surface area contributed by atoms with Crippen LogP contribution in [0.15, 0.2) is 0 Å². The molecule has 1 rings (SSSR count). The first kappa shape index (κ1) is 15.5. The topological polar surface area (TPSA) is 32.3 Å². The van der Waals surface area contributed by atoms with Gasteiger partial charge in [0, 0.05) is 12.6 Å². The minimum atomic E-state index is 0.188. The number of hydrogen-bond donors (Lipinski definition) is 1. The minimum Gasteiger partial charge on any atom is -0.355 e. The van der Waals surface area contributed by atoms with Crippen molar-refractivity contribution in [2.45, 2.75) is 65.8 Å². The van der Waals surface area contributed by atoms with Gasteiger partial charge in [0.25, 0.3) is 0 Å². The Hall–Kier alpha value is -0.570. The standard InChI is InChI=1S/C15H30N2O/c1-5-17(13-8-6-7-9-13)12-14(18)16-11-10-15(2,3)4/h13H,5-12H2,1-4H3,(H,16,18). The lowest BCUT2D eigenvalue weighted by Crippen LogP contribution is -2.42. The van der Waals surface area contributed by atoms with Crippen LogP contribution in [-0.2, 0) is 4.79 Å². The molecule has 1 saturated carbocycles. The molecule has 0 atom stereocenters. The van der Waals surface area contributed by atoms with Crippen LogP contribution < -0.4 is 5.32 Å². The zero-order valence-electron chi connectivity index (χ0n) is 12.6. The van der Waals surface area contributed by atoms with Crippen LogP contribution in [0, 0.1) is 5.41 Å². The zero-order chi connectivity index (χ0) is 13.6. The van der Waals surface area contributed by atoms with E-state index in [-0.39, 0.29) is 5.91 Å². The molecule has 1 aliphatic carbocycles. The fourth-order valence-corrected chi connectivity index (χ4v) is 2.59. The van der Waals surface area contributed by atoms with Crippen LogP contribution in [0.3, 0.4) is 0 Å². The van der Waals surface area contributed by atoms with E-state index in [2.05, 4.69) is 37.9 Å². The molecular formula is C15H30N2O. The van der Waals surface area contributed by atoms with E-state index in [1.807, 2.05) is 0 Å². The second-order valence-corrected chi connectivity index (χ2v) is 6.66. The van der Waals surface area contributed by atoms with Crippen LogP contribution in [0.1, 0.15) is 59.8 Å². The summed E-state index contributed by atoms with van der Waals surface area (Å²) in [6.07, 6.45) is 6.22. The number of nitrogens with one attached hydrogen (secondary N) is 1. The van der Waals surface area contributed by atoms with Gasteiger partial charge in [-0.15, -0.1) is 0 Å². The maximum atomic E-state index is 11.9. The fraction of sp³-hybridized carbons (Fsp3) is 0.933. The van der Waals surface area contributed by atoms with E-state index in [0.717, 1.165) is 19.5 Å². The first-order valence-corrected chi connectivity index (χ1v) is 7.43. The SMILES string of the molecule is CCN(CC(=O)NCCC(C)(C)C)C1CCCC1. The zero-order valence-corrected chi connectivity index (χ0v) is 12.6. The third-order valence-electron chi connectivity index (χ3n) is 3.79. The largest absolute Gasteiger partial charge is 0.355 e. The lowest BCUT2D eigenvalue weighted by molar-refractivity contribution is -0.122. The van der Waals surface area contributed by atoms with Crippen LogP contribution in [-0.4, -0.2) is 36.5 Å². The molecule has 0 aromatic heterocycles. The number of nitrogens with zero attached hydrogens (tertiary/aromatic N) is 1. The molecule has 0 aromatic rings. The van der Waals surface area contributed by atoms with Crippen molar-refractivity contribution in [2.75, 3.05) is 19.6 Å². The van der Waals surface area contributed by atoms with Gasteiger partial charge in [-0.3, -0.25) is 9.69 Å². The summed E-state index contributed by atoms with van der Waals surface area (Å²) in [5.41, 5.74) is 0.295. The first-order chi connectivity index (χ1) is 8.42. The van der Waals surface area contributed by atoms with Gasteiger partial charge in [-0.1, -0.05) is 40.5 Å². The van der Waals surface area contributed by atoms with E-state index in [9.17, 15) is 4.79 Å². The molecule has 1 N–H and O–H groups in total. The number of hydrogen-bond acceptors (Lipinski definition) is 2. The quantitative estimate of drug-likeness (QED) is 0.790. The predicted octanol–water partition coefficient (Wildman–Crippen LogP) is 2.80. The van der Waals surface area contributed by atoms with E-state index < -0.39 is 0 Å². The maximum Gasteiger partial charge on any atom is 0.234 e. The maximum absolute atomic E-state index is 11.9. The molecular weight excluding hydrogens is 224 g/mol. The second kappa shape index (κ2) is 7.13. The highest BCUT2D eigenvalue weighted by atomic mass is 16.2. The Morgan fingerprint density at radius 3 is 2.39 bits per heavy atom. The van der Waals surface area contributed by atoms with Crippen molar-refractivity contribution < 1.29 is 4.79 Å². The molecule has 1 fully saturated rings. The molecule has 0 aliphatic heterocycles. The Bertz CT molecular complexity index is 252. The lowest BCUT2D eigenvalue weighted by atomic mass is 9.92. The Morgan fingerprint density at radius 1 is 1.28 bits per heavy atom. The number of likely N-dealkylation sites (N-methyl/N-ethyl adjacent to an activating group) is 1. The van der Waals surface area contributed by atoms with Crippen molar-refractivity contribution in [3.63, 3.8) is 0 Å². The van der Waals surface area contributed by atoms with E-state index in [1.54, 1.807) is 0 Å². The van der Waals surface area contributed by atoms with Crippen molar-refractivity contribution in [3.05, 3.63) is 0 Å². The fourth-order valence-electron chi connectivity index (χ4n) is 2.59. The molecule has 0 unspecified atom stereocenters. The lowest BCUT2D eigenvalue weighted by Gasteiger charge is -2.27. The number of amides is 1. The molecule has 1 aliphatic rings. The summed E-state index contributed by atoms with van der Waals surface area (Å²) >= 11 is 0. The van der Waals surface area contributed by atoms with Crippen molar-refractivity contribution in [1.29, 1.82) is 0 Å². The van der Waals surface area contributed by atoms with Crippen molar-refractivity contribution in [2.24, 2.45) is 5.41 Å². The highest BCUT2D eigenvalue weighted by molar-refractivity contribution is 5.78. The normalized spacial score (nSPS) is 17.4. The average Bonchev–Trinajstić information content (AvgIpc) is 2.77. The van der Waals surface area contributed by atoms with Gasteiger partial charge in [-0.25, -0.2) is 0 Å². The summed E-state index contributed by atoms with van der Waals surface area (Å²) in [5, 5.41) is 3.05. The molecule has 1 amide bonds. The van der Waals surface area contributed by atoms with Crippen molar-refractivity contribution >= 4 is 5.91 Å². The highest BCUT2D eigenvalue weighted by Crippen LogP contribution is 2.23. The Kier molecular flexibility index (Phi) is 6.13. The number of carbonyl (C=O) groups excluding carboxylic acids is 1. The van der Waals surface area contributed by atoms with Gasteiger partial charge in [0.15, 0.2) is 0 Å². The first-order valence-electron chi connectivity index (χ1n) is 7.43. The third-order valence-corrected chi connectivity index (χ3v) is 3.79. The van der Waals surface area contributed by atoms with Crippen LogP contribution in [0.2, 0.25) is 0 Å². The summed E-state index contributed by atoms with van der Waals surface area (Å²) in [5.74, 6) is 0.188. The molecule has 0 radical (unpaired) electrons. The number of rotatable bonds is 6. The Morgan fingerprint density at radius 2 is 1.89 bits per heavy atom. The van der Waals surface area contributed by atoms with Gasteiger partial charge in [0.1, 0.15) is 0 Å². The summed E-state index contributed by atoms with van der Waals surface area (Å²) in [7, 11) is 0. The summed E-state index contributed by atoms with van der Waals surface area (Å²) in [6, 6.07) is 0.642. The molecule has 0 aromatic carbocycles. The third kappa shape index (κ3) is 5.85.